The maximum absolute atomic E-state index is 14.2. The number of nitrogens with zero attached hydrogens (tertiary/aromatic N) is 3. The second-order valence-electron chi connectivity index (χ2n) is 26.6. The standard InChI is InChI=1S/C25H27ClF3N3O4.C22H21ClF3N3O4.C8H14O4.C7H7Cl.C7H9N.C5H5F2N.C2H3ClO2/c1-24(2,3)36-23(35)30-14-20(33)32(17-8-6-7-15(27)11-17)21(18-9-4-5-10-19(18)26)22(34)31-16-12-25(28,29)13-16;1-33-21(32)27-12-18(30)29(15-6-4-5-13(24)9-15)19(16-7-2-3-8-17(16)23)20(31)28-14-10-22(25,26)11-14;1-8(2,3)12-7(11)5-4-6(9)10;1-6-4-2-3-5-7(6)8;1-6-3-2-4-7(8)5-6;1-8-4-2-5(6,7)3-4;1-5-2(3)4/h4-11,16,21H,12-14H2,1-3H3,(H,30,35)(H,31,34);2-9,14,19H,10-12H2,1H3,(H,27,32)(H,28,31);4-5H2,1-3H3,(H,9,10);2-5H,1H3;2-5H,8H2,1H3;4H,2-3H2;1H3. The van der Waals surface area contributed by atoms with Gasteiger partial charge in [0.05, 0.1) is 39.9 Å². The summed E-state index contributed by atoms with van der Waals surface area (Å²) < 4.78 is 124. The molecule has 110 heavy (non-hydrogen) atoms. The molecule has 22 nitrogen and oxygen atoms in total. The lowest BCUT2D eigenvalue weighted by Crippen LogP contribution is -2.54. The number of halogens is 12. The number of esters is 1. The lowest BCUT2D eigenvalue weighted by atomic mass is 9.87. The maximum Gasteiger partial charge on any atom is 0.408 e. The number of benzene rings is 6. The molecule has 0 aliphatic heterocycles. The lowest BCUT2D eigenvalue weighted by Gasteiger charge is -2.38. The molecular formula is C76H86Cl4F8N8O14. The zero-order chi connectivity index (χ0) is 83.1. The average Bonchev–Trinajstić information content (AvgIpc) is 0.784. The van der Waals surface area contributed by atoms with Crippen LogP contribution in [0.5, 0.6) is 0 Å². The van der Waals surface area contributed by atoms with Crippen LogP contribution in [0.15, 0.2) is 146 Å². The first-order chi connectivity index (χ1) is 51.2. The van der Waals surface area contributed by atoms with Crippen LogP contribution in [0.25, 0.3) is 4.85 Å². The van der Waals surface area contributed by atoms with Crippen molar-refractivity contribution in [3.63, 3.8) is 0 Å². The molecule has 7 N–H and O–H groups in total. The summed E-state index contributed by atoms with van der Waals surface area (Å²) in [7, 11) is 2.33. The highest BCUT2D eigenvalue weighted by molar-refractivity contribution is 6.61. The van der Waals surface area contributed by atoms with Crippen LogP contribution in [-0.2, 0) is 47.7 Å². The number of carbonyl (C=O) groups is 9. The third-order valence-electron chi connectivity index (χ3n) is 14.8. The monoisotopic (exact) mass is 1630 g/mol. The molecule has 6 aromatic carbocycles. The molecule has 0 spiro atoms. The molecule has 3 saturated carbocycles. The number of anilines is 3. The Hall–Kier alpha value is -9.96. The number of nitrogen functional groups attached to an aromatic ring is 1. The Labute approximate surface area is 651 Å². The van der Waals surface area contributed by atoms with Gasteiger partial charge in [-0.25, -0.2) is 56.1 Å². The predicted octanol–water partition coefficient (Wildman–Crippen LogP) is 16.9. The summed E-state index contributed by atoms with van der Waals surface area (Å²) >= 11 is 23.0. The number of alkyl halides is 6. The highest BCUT2D eigenvalue weighted by atomic mass is 35.5. The minimum atomic E-state index is -2.88. The molecule has 2 unspecified atom stereocenters. The van der Waals surface area contributed by atoms with E-state index in [1.807, 2.05) is 62.4 Å². The minimum absolute atomic E-state index is 0.00463. The second-order valence-corrected chi connectivity index (χ2v) is 28.1. The van der Waals surface area contributed by atoms with Crippen molar-refractivity contribution < 1.29 is 102 Å². The fourth-order valence-corrected chi connectivity index (χ4v) is 10.4. The van der Waals surface area contributed by atoms with Crippen LogP contribution < -0.4 is 36.8 Å². The highest BCUT2D eigenvalue weighted by Gasteiger charge is 2.51. The number of ether oxygens (including phenoxy) is 4. The molecule has 6 amide bonds. The molecule has 2 atom stereocenters. The summed E-state index contributed by atoms with van der Waals surface area (Å²) in [6.07, 6.45) is -4.60. The van der Waals surface area contributed by atoms with Crippen molar-refractivity contribution in [3.8, 4) is 0 Å². The van der Waals surface area contributed by atoms with E-state index in [0.717, 1.165) is 57.4 Å². The minimum Gasteiger partial charge on any atom is -0.481 e. The first-order valence-electron chi connectivity index (χ1n) is 33.4. The van der Waals surface area contributed by atoms with Crippen LogP contribution in [0.4, 0.5) is 66.6 Å². The van der Waals surface area contributed by atoms with E-state index in [9.17, 15) is 78.3 Å². The number of carboxylic acids is 1. The molecular weight excluding hydrogens is 1540 g/mol. The van der Waals surface area contributed by atoms with E-state index in [1.54, 1.807) is 65.8 Å². The van der Waals surface area contributed by atoms with Crippen LogP contribution >= 0.6 is 46.4 Å². The van der Waals surface area contributed by atoms with Gasteiger partial charge in [0, 0.05) is 92.6 Å². The number of aryl methyl sites for hydroxylation is 2. The second kappa shape index (κ2) is 44.0. The Morgan fingerprint density at radius 2 is 0.945 bits per heavy atom. The Balaban J connectivity index is 0.000000379. The lowest BCUT2D eigenvalue weighted by molar-refractivity contribution is -0.157. The zero-order valence-corrected chi connectivity index (χ0v) is 64.5. The third kappa shape index (κ3) is 35.2. The number of alkyl carbamates (subject to hydrolysis) is 2. The quantitative estimate of drug-likeness (QED) is 0.0124. The summed E-state index contributed by atoms with van der Waals surface area (Å²) in [6.45, 7) is 19.3. The number of amides is 6. The van der Waals surface area contributed by atoms with Crippen molar-refractivity contribution >= 4 is 117 Å². The van der Waals surface area contributed by atoms with Gasteiger partial charge < -0.3 is 55.9 Å². The number of rotatable bonds is 17. The molecule has 598 valence electrons. The van der Waals surface area contributed by atoms with E-state index in [2.05, 4.69) is 47.2 Å². The van der Waals surface area contributed by atoms with Gasteiger partial charge in [-0.15, -0.1) is 0 Å². The fourth-order valence-electron chi connectivity index (χ4n) is 9.80. The molecule has 0 aromatic heterocycles. The number of methoxy groups -OCH3 is 2. The summed E-state index contributed by atoms with van der Waals surface area (Å²) in [5, 5.41) is 19.0. The summed E-state index contributed by atoms with van der Waals surface area (Å²) in [5.41, 5.74) is 6.91. The van der Waals surface area contributed by atoms with E-state index in [1.165, 1.54) is 61.2 Å². The number of hydrogen-bond donors (Lipinski definition) is 6. The number of carboxylic acid groups (broad SMARTS) is 1. The van der Waals surface area contributed by atoms with Crippen molar-refractivity contribution in [2.45, 2.75) is 166 Å². The van der Waals surface area contributed by atoms with E-state index in [4.69, 9.17) is 61.7 Å². The van der Waals surface area contributed by atoms with Crippen LogP contribution in [-0.4, -0.2) is 133 Å². The Kier molecular flexibility index (Phi) is 37.7. The highest BCUT2D eigenvalue weighted by Crippen LogP contribution is 2.42. The van der Waals surface area contributed by atoms with Gasteiger partial charge in [-0.1, -0.05) is 114 Å². The Morgan fingerprint density at radius 1 is 0.555 bits per heavy atom. The van der Waals surface area contributed by atoms with Crippen LogP contribution in [0.2, 0.25) is 15.1 Å². The predicted molar refractivity (Wildman–Crippen MR) is 400 cm³/mol. The van der Waals surface area contributed by atoms with Crippen molar-refractivity contribution in [1.82, 2.24) is 21.3 Å². The topological polar surface area (TPSA) is 296 Å². The van der Waals surface area contributed by atoms with Crippen molar-refractivity contribution in [1.29, 1.82) is 0 Å². The summed E-state index contributed by atoms with van der Waals surface area (Å²) in [4.78, 5) is 112. The van der Waals surface area contributed by atoms with Gasteiger partial charge in [-0.2, -0.15) is 0 Å². The molecule has 6 aromatic rings. The van der Waals surface area contributed by atoms with Gasteiger partial charge in [0.1, 0.15) is 48.0 Å². The SMILES string of the molecule is CC(C)(C)OC(=O)CCC(=O)O.CC(C)(C)OC(=O)NCC(=O)N(c1cccc(F)c1)C(C(=O)NC1CC(F)(F)C1)c1ccccc1Cl.COC(=O)Cl.COC(=O)NCC(=O)N(c1cccc(F)c1)C(C(=O)NC1CC(F)(F)C1)c1ccccc1Cl.Cc1cccc(N)c1.Cc1ccccc1Cl.[C-]#[N+]C1CC(F)(F)C1. The van der Waals surface area contributed by atoms with Crippen LogP contribution in [0.3, 0.4) is 0 Å². The number of carbonyl (C=O) groups excluding carboxylic acids is 8. The van der Waals surface area contributed by atoms with Gasteiger partial charge in [-0.3, -0.25) is 38.6 Å². The summed E-state index contributed by atoms with van der Waals surface area (Å²) in [5.74, 6) is -14.2. The molecule has 0 saturated heterocycles. The van der Waals surface area contributed by atoms with Gasteiger partial charge in [-0.05, 0) is 133 Å². The number of nitrogens with one attached hydrogen (secondary N) is 4. The number of hydrogen-bond acceptors (Lipinski definition) is 14. The van der Waals surface area contributed by atoms with Crippen molar-refractivity contribution in [3.05, 3.63) is 206 Å². The molecule has 3 aliphatic carbocycles. The molecule has 3 fully saturated rings. The third-order valence-corrected chi connectivity index (χ3v) is 16.1. The maximum atomic E-state index is 14.2. The van der Waals surface area contributed by atoms with E-state index >= 15 is 0 Å². The summed E-state index contributed by atoms with van der Waals surface area (Å²) in [6, 6.07) is 33.0. The first kappa shape index (κ1) is 94.2. The molecule has 3 aliphatic rings. The first-order valence-corrected chi connectivity index (χ1v) is 34.9. The molecule has 0 bridgehead atoms. The van der Waals surface area contributed by atoms with Crippen molar-refractivity contribution in [2.75, 3.05) is 42.8 Å². The largest absolute Gasteiger partial charge is 0.481 e. The van der Waals surface area contributed by atoms with Crippen LogP contribution in [0, 0.1) is 32.1 Å². The number of nitrogens with two attached hydrogens (primary N) is 1. The average molecular weight is 1630 g/mol. The van der Waals surface area contributed by atoms with Crippen molar-refractivity contribution in [2.24, 2.45) is 0 Å². The molecule has 0 radical (unpaired) electrons. The Morgan fingerprint density at radius 3 is 1.25 bits per heavy atom. The smallest absolute Gasteiger partial charge is 0.408 e. The Bertz CT molecular complexity index is 4090. The van der Waals surface area contributed by atoms with Gasteiger partial charge in [0.2, 0.25) is 29.7 Å². The molecule has 34 heteroatoms. The van der Waals surface area contributed by atoms with Gasteiger partial charge >= 0.3 is 29.6 Å². The zero-order valence-electron chi connectivity index (χ0n) is 61.5. The van der Waals surface area contributed by atoms with E-state index < -0.39 is 163 Å². The van der Waals surface area contributed by atoms with E-state index in [-0.39, 0.29) is 58.2 Å². The fraction of sp³-hybridized carbons (Fsp3) is 0.395. The molecule has 9 rings (SSSR count). The van der Waals surface area contributed by atoms with Gasteiger partial charge in [0.15, 0.2) is 0 Å². The normalized spacial score (nSPS) is 14.6. The van der Waals surface area contributed by atoms with Gasteiger partial charge in [0.25, 0.3) is 17.8 Å². The van der Waals surface area contributed by atoms with E-state index in [0.29, 0.717) is 0 Å². The van der Waals surface area contributed by atoms with Crippen LogP contribution in [0.1, 0.15) is 127 Å². The number of aliphatic carboxylic acids is 1. The molecule has 0 heterocycles.